The Morgan fingerprint density at radius 2 is 2.00 bits per heavy atom. The van der Waals surface area contributed by atoms with E-state index < -0.39 is 12.1 Å². The molecule has 0 spiro atoms. The largest absolute Gasteiger partial charge is 0.479 e. The summed E-state index contributed by atoms with van der Waals surface area (Å²) in [7, 11) is 4.08. The minimum absolute atomic E-state index is 0.00514. The second kappa shape index (κ2) is 8.03. The number of carboxylic acid groups (broad SMARTS) is 1. The standard InChI is InChI=1S/C12H24N4O4/c1-15-5-6-16(2)9(8-15)7-14-12(20)13-4-3-10(17)11(18)19/h9-10,17H,3-8H2,1-2H3,(H,18,19)(H2,13,14,20). The first-order valence-electron chi connectivity index (χ1n) is 6.71. The van der Waals surface area contributed by atoms with Crippen molar-refractivity contribution in [3.05, 3.63) is 0 Å². The maximum Gasteiger partial charge on any atom is 0.332 e. The molecule has 0 bridgehead atoms. The Bertz CT molecular complexity index is 339. The van der Waals surface area contributed by atoms with Crippen molar-refractivity contribution < 1.29 is 19.8 Å². The number of urea groups is 1. The number of aliphatic hydroxyl groups excluding tert-OH is 1. The Morgan fingerprint density at radius 1 is 1.30 bits per heavy atom. The van der Waals surface area contributed by atoms with Crippen LogP contribution in [0.25, 0.3) is 0 Å². The molecule has 4 N–H and O–H groups in total. The number of aliphatic carboxylic acids is 1. The van der Waals surface area contributed by atoms with Gasteiger partial charge in [-0.1, -0.05) is 0 Å². The van der Waals surface area contributed by atoms with Gasteiger partial charge < -0.3 is 25.7 Å². The molecule has 20 heavy (non-hydrogen) atoms. The lowest BCUT2D eigenvalue weighted by Gasteiger charge is -2.37. The van der Waals surface area contributed by atoms with Gasteiger partial charge in [0.15, 0.2) is 6.10 Å². The lowest BCUT2D eigenvalue weighted by molar-refractivity contribution is -0.146. The molecule has 8 heteroatoms. The zero-order valence-electron chi connectivity index (χ0n) is 12.0. The van der Waals surface area contributed by atoms with E-state index >= 15 is 0 Å². The molecule has 1 fully saturated rings. The van der Waals surface area contributed by atoms with E-state index in [0.717, 1.165) is 19.6 Å². The summed E-state index contributed by atoms with van der Waals surface area (Å²) in [5, 5.41) is 22.8. The third kappa shape index (κ3) is 5.72. The highest BCUT2D eigenvalue weighted by molar-refractivity contribution is 5.74. The highest BCUT2D eigenvalue weighted by Crippen LogP contribution is 2.04. The summed E-state index contributed by atoms with van der Waals surface area (Å²) >= 11 is 0. The summed E-state index contributed by atoms with van der Waals surface area (Å²) < 4.78 is 0. The summed E-state index contributed by atoms with van der Waals surface area (Å²) in [5.41, 5.74) is 0. The number of rotatable bonds is 6. The van der Waals surface area contributed by atoms with Crippen LogP contribution in [0.15, 0.2) is 0 Å². The number of nitrogens with zero attached hydrogens (tertiary/aromatic N) is 2. The van der Waals surface area contributed by atoms with Crippen LogP contribution in [0.2, 0.25) is 0 Å². The maximum atomic E-state index is 11.5. The highest BCUT2D eigenvalue weighted by atomic mass is 16.4. The second-order valence-corrected chi connectivity index (χ2v) is 5.18. The van der Waals surface area contributed by atoms with Gasteiger partial charge in [-0.3, -0.25) is 4.90 Å². The molecule has 0 aromatic rings. The molecule has 1 heterocycles. The molecule has 2 atom stereocenters. The van der Waals surface area contributed by atoms with Gasteiger partial charge in [0.25, 0.3) is 0 Å². The third-order valence-electron chi connectivity index (χ3n) is 3.47. The molecule has 1 aliphatic rings. The molecule has 0 aromatic heterocycles. The van der Waals surface area contributed by atoms with Crippen molar-refractivity contribution in [2.75, 3.05) is 46.8 Å². The molecule has 0 aromatic carbocycles. The molecule has 1 aliphatic heterocycles. The number of amides is 2. The van der Waals surface area contributed by atoms with E-state index in [0.29, 0.717) is 6.54 Å². The van der Waals surface area contributed by atoms with E-state index in [9.17, 15) is 9.59 Å². The Labute approximate surface area is 118 Å². The smallest absolute Gasteiger partial charge is 0.332 e. The first kappa shape index (κ1) is 16.7. The van der Waals surface area contributed by atoms with Crippen LogP contribution >= 0.6 is 0 Å². The van der Waals surface area contributed by atoms with Gasteiger partial charge in [0.05, 0.1) is 0 Å². The van der Waals surface area contributed by atoms with Crippen LogP contribution in [0.4, 0.5) is 4.79 Å². The minimum Gasteiger partial charge on any atom is -0.479 e. The average molecular weight is 288 g/mol. The molecule has 8 nitrogen and oxygen atoms in total. The van der Waals surface area contributed by atoms with Gasteiger partial charge in [-0.05, 0) is 14.1 Å². The molecule has 1 saturated heterocycles. The molecular weight excluding hydrogens is 264 g/mol. The fourth-order valence-electron chi connectivity index (χ4n) is 2.04. The predicted molar refractivity (Wildman–Crippen MR) is 73.6 cm³/mol. The second-order valence-electron chi connectivity index (χ2n) is 5.18. The summed E-state index contributed by atoms with van der Waals surface area (Å²) in [5.74, 6) is -1.28. The van der Waals surface area contributed by atoms with Crippen molar-refractivity contribution >= 4 is 12.0 Å². The minimum atomic E-state index is -1.44. The van der Waals surface area contributed by atoms with Gasteiger partial charge in [-0.25, -0.2) is 9.59 Å². The van der Waals surface area contributed by atoms with E-state index in [4.69, 9.17) is 10.2 Å². The third-order valence-corrected chi connectivity index (χ3v) is 3.47. The SMILES string of the molecule is CN1CCN(C)C(CNC(=O)NCCC(O)C(=O)O)C1. The van der Waals surface area contributed by atoms with Gasteiger partial charge in [0.2, 0.25) is 0 Å². The van der Waals surface area contributed by atoms with Crippen LogP contribution in [0.1, 0.15) is 6.42 Å². The number of piperazine rings is 1. The number of carboxylic acids is 1. The van der Waals surface area contributed by atoms with E-state index in [-0.39, 0.29) is 25.0 Å². The summed E-state index contributed by atoms with van der Waals surface area (Å²) in [6.45, 7) is 3.55. The number of nitrogens with one attached hydrogen (secondary N) is 2. The Kier molecular flexibility index (Phi) is 6.69. The predicted octanol–water partition coefficient (Wildman–Crippen LogP) is -1.63. The Morgan fingerprint density at radius 3 is 2.65 bits per heavy atom. The number of aliphatic hydroxyl groups is 1. The van der Waals surface area contributed by atoms with Crippen LogP contribution in [-0.2, 0) is 4.79 Å². The Balaban J connectivity index is 2.17. The van der Waals surface area contributed by atoms with Crippen LogP contribution in [-0.4, -0.2) is 91.0 Å². The van der Waals surface area contributed by atoms with Crippen molar-refractivity contribution in [1.82, 2.24) is 20.4 Å². The zero-order chi connectivity index (χ0) is 15.1. The van der Waals surface area contributed by atoms with E-state index in [2.05, 4.69) is 20.4 Å². The Hall–Kier alpha value is -1.38. The fraction of sp³-hybridized carbons (Fsp3) is 0.833. The number of carbonyl (C=O) groups is 2. The monoisotopic (exact) mass is 288 g/mol. The number of hydrogen-bond acceptors (Lipinski definition) is 5. The normalized spacial score (nSPS) is 22.2. The van der Waals surface area contributed by atoms with Crippen molar-refractivity contribution in [3.8, 4) is 0 Å². The van der Waals surface area contributed by atoms with E-state index in [1.807, 2.05) is 14.1 Å². The van der Waals surface area contributed by atoms with Gasteiger partial charge >= 0.3 is 12.0 Å². The molecule has 0 saturated carbocycles. The van der Waals surface area contributed by atoms with E-state index in [1.54, 1.807) is 0 Å². The van der Waals surface area contributed by atoms with Crippen molar-refractivity contribution in [1.29, 1.82) is 0 Å². The zero-order valence-corrected chi connectivity index (χ0v) is 12.0. The first-order chi connectivity index (χ1) is 9.40. The number of likely N-dealkylation sites (N-methyl/N-ethyl adjacent to an activating group) is 2. The molecule has 2 amide bonds. The molecule has 0 radical (unpaired) electrons. The summed E-state index contributed by atoms with van der Waals surface area (Å²) in [4.78, 5) is 26.3. The highest BCUT2D eigenvalue weighted by Gasteiger charge is 2.22. The lowest BCUT2D eigenvalue weighted by Crippen LogP contribution is -2.55. The average Bonchev–Trinajstić information content (AvgIpc) is 2.39. The fourth-order valence-corrected chi connectivity index (χ4v) is 2.04. The van der Waals surface area contributed by atoms with Crippen LogP contribution in [0, 0.1) is 0 Å². The molecule has 1 rings (SSSR count). The quantitative estimate of drug-likeness (QED) is 0.467. The van der Waals surface area contributed by atoms with Crippen molar-refractivity contribution in [2.24, 2.45) is 0 Å². The van der Waals surface area contributed by atoms with Crippen LogP contribution in [0.3, 0.4) is 0 Å². The molecule has 0 aliphatic carbocycles. The lowest BCUT2D eigenvalue weighted by atomic mass is 10.2. The van der Waals surface area contributed by atoms with Gasteiger partial charge in [-0.2, -0.15) is 0 Å². The van der Waals surface area contributed by atoms with Gasteiger partial charge in [0, 0.05) is 45.2 Å². The summed E-state index contributed by atoms with van der Waals surface area (Å²) in [6, 6.07) is -0.0756. The van der Waals surface area contributed by atoms with Crippen molar-refractivity contribution in [2.45, 2.75) is 18.6 Å². The number of carbonyl (C=O) groups excluding carboxylic acids is 1. The van der Waals surface area contributed by atoms with Gasteiger partial charge in [-0.15, -0.1) is 0 Å². The van der Waals surface area contributed by atoms with Crippen LogP contribution in [0.5, 0.6) is 0 Å². The van der Waals surface area contributed by atoms with Crippen molar-refractivity contribution in [3.63, 3.8) is 0 Å². The molecular formula is C12H24N4O4. The number of hydrogen-bond donors (Lipinski definition) is 4. The molecule has 2 unspecified atom stereocenters. The first-order valence-corrected chi connectivity index (χ1v) is 6.71. The maximum absolute atomic E-state index is 11.5. The van der Waals surface area contributed by atoms with Crippen LogP contribution < -0.4 is 10.6 Å². The topological polar surface area (TPSA) is 105 Å². The molecule has 116 valence electrons. The van der Waals surface area contributed by atoms with E-state index in [1.165, 1.54) is 0 Å². The summed E-state index contributed by atoms with van der Waals surface area (Å²) in [6.07, 6.45) is -1.44. The van der Waals surface area contributed by atoms with Gasteiger partial charge in [0.1, 0.15) is 0 Å².